The van der Waals surface area contributed by atoms with E-state index in [0.717, 1.165) is 25.1 Å². The van der Waals surface area contributed by atoms with E-state index in [2.05, 4.69) is 24.4 Å². The number of fused-ring (bicyclic) bond motifs is 2. The van der Waals surface area contributed by atoms with Crippen molar-refractivity contribution in [3.8, 4) is 5.75 Å². The Bertz CT molecular complexity index is 419. The van der Waals surface area contributed by atoms with Crippen LogP contribution in [-0.2, 0) is 17.6 Å². The minimum Gasteiger partial charge on any atom is -0.496 e. The van der Waals surface area contributed by atoms with Gasteiger partial charge in [-0.15, -0.1) is 0 Å². The number of rotatable bonds is 1. The van der Waals surface area contributed by atoms with Gasteiger partial charge < -0.3 is 14.8 Å². The largest absolute Gasteiger partial charge is 0.496 e. The molecule has 17 heavy (non-hydrogen) atoms. The molecule has 3 nitrogen and oxygen atoms in total. The van der Waals surface area contributed by atoms with Crippen LogP contribution in [0.4, 0.5) is 0 Å². The third-order valence-electron chi connectivity index (χ3n) is 3.82. The summed E-state index contributed by atoms with van der Waals surface area (Å²) in [5.74, 6) is 1.02. The molecular formula is C14H19NO2. The first kappa shape index (κ1) is 11.1. The fourth-order valence-corrected chi connectivity index (χ4v) is 2.95. The van der Waals surface area contributed by atoms with Gasteiger partial charge in [-0.25, -0.2) is 0 Å². The standard InChI is InChI=1S/C14H19NO2/c1-9-8-15-12-7-11-10(6-14(12)17-9)4-3-5-13(11)16-2/h3-5,9,12,14-15H,6-8H2,1-2H3/t9-,12+,14-/m1/s1. The summed E-state index contributed by atoms with van der Waals surface area (Å²) in [7, 11) is 1.74. The van der Waals surface area contributed by atoms with E-state index >= 15 is 0 Å². The van der Waals surface area contributed by atoms with Crippen molar-refractivity contribution < 1.29 is 9.47 Å². The van der Waals surface area contributed by atoms with E-state index in [9.17, 15) is 0 Å². The molecule has 0 unspecified atom stereocenters. The molecule has 1 aromatic carbocycles. The Hall–Kier alpha value is -1.06. The van der Waals surface area contributed by atoms with Crippen LogP contribution < -0.4 is 10.1 Å². The van der Waals surface area contributed by atoms with E-state index in [1.54, 1.807) is 7.11 Å². The summed E-state index contributed by atoms with van der Waals surface area (Å²) in [5.41, 5.74) is 2.73. The number of morpholine rings is 1. The van der Waals surface area contributed by atoms with E-state index in [1.165, 1.54) is 11.1 Å². The van der Waals surface area contributed by atoms with Gasteiger partial charge in [-0.05, 0) is 30.5 Å². The van der Waals surface area contributed by atoms with E-state index in [-0.39, 0.29) is 0 Å². The quantitative estimate of drug-likeness (QED) is 0.798. The maximum absolute atomic E-state index is 6.02. The maximum Gasteiger partial charge on any atom is 0.122 e. The van der Waals surface area contributed by atoms with Crippen LogP contribution in [0.25, 0.3) is 0 Å². The molecule has 92 valence electrons. The number of ether oxygens (including phenoxy) is 2. The zero-order valence-corrected chi connectivity index (χ0v) is 10.4. The van der Waals surface area contributed by atoms with Crippen molar-refractivity contribution in [1.29, 1.82) is 0 Å². The van der Waals surface area contributed by atoms with Gasteiger partial charge in [0.05, 0.1) is 19.3 Å². The highest BCUT2D eigenvalue weighted by Gasteiger charge is 2.34. The smallest absolute Gasteiger partial charge is 0.122 e. The van der Waals surface area contributed by atoms with Crippen LogP contribution in [-0.4, -0.2) is 31.9 Å². The molecule has 3 heteroatoms. The molecule has 1 heterocycles. The van der Waals surface area contributed by atoms with Crippen LogP contribution in [0.1, 0.15) is 18.1 Å². The van der Waals surface area contributed by atoms with Crippen LogP contribution in [0.2, 0.25) is 0 Å². The average molecular weight is 233 g/mol. The Kier molecular flexibility index (Phi) is 2.81. The SMILES string of the molecule is COc1cccc2c1C[C@@H]1NC[C@@H](C)O[C@@H]1C2. The summed E-state index contributed by atoms with van der Waals surface area (Å²) in [5, 5.41) is 3.58. The minimum absolute atomic E-state index is 0.318. The van der Waals surface area contributed by atoms with Crippen molar-refractivity contribution in [3.05, 3.63) is 29.3 Å². The number of benzene rings is 1. The zero-order chi connectivity index (χ0) is 11.8. The molecule has 3 rings (SSSR count). The van der Waals surface area contributed by atoms with Gasteiger partial charge in [-0.1, -0.05) is 12.1 Å². The van der Waals surface area contributed by atoms with Gasteiger partial charge in [0.15, 0.2) is 0 Å². The van der Waals surface area contributed by atoms with Crippen LogP contribution in [0.15, 0.2) is 18.2 Å². The normalized spacial score (nSPS) is 31.5. The first-order valence-electron chi connectivity index (χ1n) is 6.31. The van der Waals surface area contributed by atoms with Crippen molar-refractivity contribution >= 4 is 0 Å². The number of nitrogens with one attached hydrogen (secondary N) is 1. The summed E-state index contributed by atoms with van der Waals surface area (Å²) in [6, 6.07) is 6.75. The predicted octanol–water partition coefficient (Wildman–Crippen LogP) is 1.54. The van der Waals surface area contributed by atoms with Crippen molar-refractivity contribution in [2.75, 3.05) is 13.7 Å². The zero-order valence-electron chi connectivity index (χ0n) is 10.4. The summed E-state index contributed by atoms with van der Waals surface area (Å²) < 4.78 is 11.5. The van der Waals surface area contributed by atoms with Gasteiger partial charge in [0, 0.05) is 19.0 Å². The van der Waals surface area contributed by atoms with Gasteiger partial charge in [-0.2, -0.15) is 0 Å². The molecule has 1 N–H and O–H groups in total. The lowest BCUT2D eigenvalue weighted by molar-refractivity contribution is -0.0566. The first-order valence-corrected chi connectivity index (χ1v) is 6.31. The van der Waals surface area contributed by atoms with E-state index in [1.807, 2.05) is 6.07 Å². The third-order valence-corrected chi connectivity index (χ3v) is 3.82. The Morgan fingerprint density at radius 2 is 2.24 bits per heavy atom. The van der Waals surface area contributed by atoms with Crippen LogP contribution >= 0.6 is 0 Å². The third kappa shape index (κ3) is 1.94. The molecule has 1 aliphatic carbocycles. The van der Waals surface area contributed by atoms with Gasteiger partial charge in [0.1, 0.15) is 5.75 Å². The van der Waals surface area contributed by atoms with Gasteiger partial charge >= 0.3 is 0 Å². The number of methoxy groups -OCH3 is 1. The maximum atomic E-state index is 6.02. The van der Waals surface area contributed by atoms with Crippen LogP contribution in [0.3, 0.4) is 0 Å². The highest BCUT2D eigenvalue weighted by molar-refractivity contribution is 5.43. The van der Waals surface area contributed by atoms with Crippen LogP contribution in [0.5, 0.6) is 5.75 Å². The fourth-order valence-electron chi connectivity index (χ4n) is 2.95. The highest BCUT2D eigenvalue weighted by atomic mass is 16.5. The minimum atomic E-state index is 0.318. The average Bonchev–Trinajstić information content (AvgIpc) is 2.35. The molecule has 1 saturated heterocycles. The summed E-state index contributed by atoms with van der Waals surface area (Å²) >= 11 is 0. The topological polar surface area (TPSA) is 30.5 Å². The van der Waals surface area contributed by atoms with E-state index < -0.39 is 0 Å². The fraction of sp³-hybridized carbons (Fsp3) is 0.571. The summed E-state index contributed by atoms with van der Waals surface area (Å²) in [6.45, 7) is 3.08. The molecule has 1 aromatic rings. The second kappa shape index (κ2) is 4.31. The lowest BCUT2D eigenvalue weighted by atomic mass is 9.84. The monoisotopic (exact) mass is 233 g/mol. The van der Waals surface area contributed by atoms with Crippen molar-refractivity contribution in [1.82, 2.24) is 5.32 Å². The molecule has 0 radical (unpaired) electrons. The van der Waals surface area contributed by atoms with Crippen LogP contribution in [0, 0.1) is 0 Å². The number of hydrogen-bond donors (Lipinski definition) is 1. The van der Waals surface area contributed by atoms with Gasteiger partial charge in [0.25, 0.3) is 0 Å². The van der Waals surface area contributed by atoms with E-state index in [0.29, 0.717) is 18.2 Å². The second-order valence-corrected chi connectivity index (χ2v) is 5.01. The van der Waals surface area contributed by atoms with Gasteiger partial charge in [0.2, 0.25) is 0 Å². The van der Waals surface area contributed by atoms with Crippen molar-refractivity contribution in [3.63, 3.8) is 0 Å². The molecule has 1 aliphatic heterocycles. The lowest BCUT2D eigenvalue weighted by Crippen LogP contribution is -2.55. The second-order valence-electron chi connectivity index (χ2n) is 5.01. The molecule has 1 fully saturated rings. The Morgan fingerprint density at radius 3 is 3.06 bits per heavy atom. The number of hydrogen-bond acceptors (Lipinski definition) is 3. The van der Waals surface area contributed by atoms with E-state index in [4.69, 9.17) is 9.47 Å². The molecule has 0 amide bonds. The van der Waals surface area contributed by atoms with Gasteiger partial charge in [-0.3, -0.25) is 0 Å². The highest BCUT2D eigenvalue weighted by Crippen LogP contribution is 2.32. The molecule has 0 saturated carbocycles. The molecule has 2 aliphatic rings. The van der Waals surface area contributed by atoms with Crippen molar-refractivity contribution in [2.24, 2.45) is 0 Å². The first-order chi connectivity index (χ1) is 8.28. The molecule has 0 bridgehead atoms. The predicted molar refractivity (Wildman–Crippen MR) is 66.5 cm³/mol. The molecule has 0 spiro atoms. The Morgan fingerprint density at radius 1 is 1.35 bits per heavy atom. The Balaban J connectivity index is 1.91. The summed E-state index contributed by atoms with van der Waals surface area (Å²) in [6.07, 6.45) is 2.65. The summed E-state index contributed by atoms with van der Waals surface area (Å²) in [4.78, 5) is 0. The Labute approximate surface area is 102 Å². The molecular weight excluding hydrogens is 214 g/mol. The van der Waals surface area contributed by atoms with Crippen molar-refractivity contribution in [2.45, 2.75) is 38.0 Å². The molecule has 3 atom stereocenters. The lowest BCUT2D eigenvalue weighted by Gasteiger charge is -2.40. The molecule has 0 aromatic heterocycles.